The molecular weight excluding hydrogens is 731 g/mol. The molecule has 2 atom stereocenters. The van der Waals surface area contributed by atoms with Crippen molar-refractivity contribution in [2.24, 2.45) is 0 Å². The maximum Gasteiger partial charge on any atom is 0.308 e. The molecule has 3 N–H and O–H groups in total. The molecule has 5 heterocycles. The van der Waals surface area contributed by atoms with E-state index in [0.29, 0.717) is 30.5 Å². The molecule has 58 heavy (non-hydrogen) atoms. The van der Waals surface area contributed by atoms with Crippen LogP contribution in [-0.2, 0) is 36.6 Å². The Morgan fingerprint density at radius 3 is 2.31 bits per heavy atom. The van der Waals surface area contributed by atoms with Crippen LogP contribution in [0.2, 0.25) is 0 Å². The van der Waals surface area contributed by atoms with Crippen molar-refractivity contribution in [1.82, 2.24) is 25.3 Å². The monoisotopic (exact) mass is 793 g/mol. The van der Waals surface area contributed by atoms with Crippen LogP contribution in [-0.4, -0.2) is 70.8 Å². The third kappa shape index (κ3) is 9.97. The van der Waals surface area contributed by atoms with Gasteiger partial charge in [0.2, 0.25) is 0 Å². The zero-order chi connectivity index (χ0) is 42.3. The fraction of sp³-hybridized carbons (Fsp3) is 0.511. The van der Waals surface area contributed by atoms with Gasteiger partial charge in [0.05, 0.1) is 42.6 Å². The van der Waals surface area contributed by atoms with Crippen LogP contribution < -0.4 is 5.32 Å². The number of methoxy groups -OCH3 is 2. The second-order valence-corrected chi connectivity index (χ2v) is 16.5. The molecule has 5 rings (SSSR count). The van der Waals surface area contributed by atoms with Crippen molar-refractivity contribution >= 4 is 51.1 Å². The van der Waals surface area contributed by atoms with E-state index in [4.69, 9.17) is 24.2 Å². The number of hydrogen-bond acceptors (Lipinski definition) is 8. The Kier molecular flexibility index (Phi) is 14.6. The quantitative estimate of drug-likeness (QED) is 0.102. The highest BCUT2D eigenvalue weighted by Gasteiger charge is 2.33. The molecule has 11 heteroatoms. The summed E-state index contributed by atoms with van der Waals surface area (Å²) in [5.41, 5.74) is 12.6. The SMILES string of the molecule is CCCC/C=C/C1=C(C)c2cc3nc(c(CCOC)c4[nH]c(cc5[nH]c(cc1n2)c(C)c5CC)c(C)c4C(=O)NCCC(=O)OC(C)(C)C)[C@@H](CCC(=O)OC)[C@@H]3C. The van der Waals surface area contributed by atoms with Gasteiger partial charge in [0.1, 0.15) is 5.60 Å². The Hall–Kier alpha value is -5.03. The van der Waals surface area contributed by atoms with Crippen LogP contribution in [0.5, 0.6) is 0 Å². The van der Waals surface area contributed by atoms with E-state index in [1.807, 2.05) is 27.7 Å². The summed E-state index contributed by atoms with van der Waals surface area (Å²) in [5, 5.41) is 3.00. The van der Waals surface area contributed by atoms with Gasteiger partial charge in [-0.3, -0.25) is 19.4 Å². The van der Waals surface area contributed by atoms with Crippen LogP contribution in [0.15, 0.2) is 30.4 Å². The number of aromatic amines is 2. The number of nitrogens with one attached hydrogen (secondary N) is 3. The van der Waals surface area contributed by atoms with Gasteiger partial charge in [-0.2, -0.15) is 0 Å². The average Bonchev–Trinajstić information content (AvgIpc) is 3.85. The summed E-state index contributed by atoms with van der Waals surface area (Å²) in [6.45, 7) is 18.6. The molecule has 2 aliphatic heterocycles. The van der Waals surface area contributed by atoms with Crippen molar-refractivity contribution < 1.29 is 28.6 Å². The van der Waals surface area contributed by atoms with Gasteiger partial charge >= 0.3 is 11.9 Å². The van der Waals surface area contributed by atoms with Gasteiger partial charge in [-0.1, -0.05) is 45.8 Å². The highest BCUT2D eigenvalue weighted by Crippen LogP contribution is 2.43. The minimum atomic E-state index is -0.629. The zero-order valence-electron chi connectivity index (χ0n) is 36.5. The van der Waals surface area contributed by atoms with Gasteiger partial charge < -0.3 is 29.5 Å². The second kappa shape index (κ2) is 19.1. The number of fused-ring (bicyclic) bond motifs is 8. The van der Waals surface area contributed by atoms with Crippen molar-refractivity contribution in [3.05, 3.63) is 80.9 Å². The van der Waals surface area contributed by atoms with Crippen LogP contribution in [0.3, 0.4) is 0 Å². The molecule has 0 unspecified atom stereocenters. The highest BCUT2D eigenvalue weighted by molar-refractivity contribution is 6.06. The molecule has 2 aliphatic rings. The van der Waals surface area contributed by atoms with Crippen LogP contribution in [0.1, 0.15) is 154 Å². The number of hydrogen-bond donors (Lipinski definition) is 3. The molecule has 0 fully saturated rings. The van der Waals surface area contributed by atoms with Crippen LogP contribution in [0.25, 0.3) is 33.2 Å². The van der Waals surface area contributed by atoms with E-state index in [1.54, 1.807) is 7.11 Å². The molecule has 0 saturated heterocycles. The number of nitrogens with zero attached hydrogens (tertiary/aromatic N) is 2. The molecule has 11 nitrogen and oxygen atoms in total. The Morgan fingerprint density at radius 2 is 1.64 bits per heavy atom. The molecule has 312 valence electrons. The molecule has 0 radical (unpaired) electrons. The number of amides is 1. The van der Waals surface area contributed by atoms with E-state index < -0.39 is 5.60 Å². The first-order valence-electron chi connectivity index (χ1n) is 20.8. The van der Waals surface area contributed by atoms with E-state index in [0.717, 1.165) is 92.8 Å². The van der Waals surface area contributed by atoms with Gasteiger partial charge in [0.25, 0.3) is 5.91 Å². The Balaban J connectivity index is 1.87. The van der Waals surface area contributed by atoms with E-state index in [9.17, 15) is 14.4 Å². The Morgan fingerprint density at radius 1 is 0.897 bits per heavy atom. The summed E-state index contributed by atoms with van der Waals surface area (Å²) >= 11 is 0. The number of aromatic nitrogens is 4. The van der Waals surface area contributed by atoms with E-state index in [2.05, 4.69) is 80.3 Å². The second-order valence-electron chi connectivity index (χ2n) is 16.5. The number of esters is 2. The van der Waals surface area contributed by atoms with Crippen molar-refractivity contribution in [1.29, 1.82) is 0 Å². The maximum atomic E-state index is 14.4. The molecule has 3 aromatic heterocycles. The summed E-state index contributed by atoms with van der Waals surface area (Å²) in [5.74, 6) is -1.24. The van der Waals surface area contributed by atoms with Gasteiger partial charge in [-0.15, -0.1) is 0 Å². The van der Waals surface area contributed by atoms with E-state index in [-0.39, 0.29) is 49.1 Å². The molecule has 8 bridgehead atoms. The number of unbranched alkanes of at least 4 members (excludes halogenated alkanes) is 2. The topological polar surface area (TPSA) is 148 Å². The average molecular weight is 794 g/mol. The molecule has 0 aliphatic carbocycles. The van der Waals surface area contributed by atoms with Crippen molar-refractivity contribution in [2.45, 2.75) is 131 Å². The van der Waals surface area contributed by atoms with Crippen LogP contribution in [0.4, 0.5) is 0 Å². The number of carbonyl (C=O) groups excluding carboxylic acids is 3. The summed E-state index contributed by atoms with van der Waals surface area (Å²) in [4.78, 5) is 57.6. The van der Waals surface area contributed by atoms with Gasteiger partial charge in [-0.25, -0.2) is 4.98 Å². The number of carbonyl (C=O) groups is 3. The minimum absolute atomic E-state index is 0.0307. The lowest BCUT2D eigenvalue weighted by Gasteiger charge is -2.19. The lowest BCUT2D eigenvalue weighted by molar-refractivity contribution is -0.154. The van der Waals surface area contributed by atoms with Crippen molar-refractivity contribution in [3.8, 4) is 0 Å². The number of allylic oxidation sites excluding steroid dienone is 4. The molecule has 3 aromatic rings. The molecule has 1 amide bonds. The van der Waals surface area contributed by atoms with Crippen LogP contribution >= 0.6 is 0 Å². The smallest absolute Gasteiger partial charge is 0.308 e. The fourth-order valence-electron chi connectivity index (χ4n) is 8.01. The highest BCUT2D eigenvalue weighted by atomic mass is 16.6. The third-order valence-corrected chi connectivity index (χ3v) is 11.2. The minimum Gasteiger partial charge on any atom is -0.469 e. The first-order chi connectivity index (χ1) is 27.6. The van der Waals surface area contributed by atoms with E-state index >= 15 is 0 Å². The predicted octanol–water partition coefficient (Wildman–Crippen LogP) is 9.66. The normalized spacial score (nSPS) is 15.6. The standard InChI is InChI=1S/C47H63N5O6/c1-12-14-15-16-17-32-28(4)35-24-37-29(5)33(18-19-41(53)57-11)44(51-37)34(21-23-56-10)45-43(46(55)48-22-20-42(54)58-47(7,8)9)30(6)38(52-45)26-39-31(13-2)27(3)36(49-39)25-40(32)50-35/h16-17,24-26,29,33,49,52H,12-15,18-23H2,1-11H3,(H,48,55)/b17-16+,35-24?,36-25?,37-24?,38-26?,39-26?,40-25?,44-34?,45-34?/t29-,33-/m0/s1. The number of rotatable bonds is 15. The molecular formula is C47H63N5O6. The Labute approximate surface area is 343 Å². The molecule has 0 saturated carbocycles. The Bertz CT molecular complexity index is 2250. The van der Waals surface area contributed by atoms with E-state index in [1.165, 1.54) is 12.7 Å². The third-order valence-electron chi connectivity index (χ3n) is 11.2. The maximum absolute atomic E-state index is 14.4. The number of aryl methyl sites for hydroxylation is 3. The molecule has 0 aromatic carbocycles. The predicted molar refractivity (Wildman–Crippen MR) is 232 cm³/mol. The van der Waals surface area contributed by atoms with Crippen LogP contribution in [0, 0.1) is 13.8 Å². The van der Waals surface area contributed by atoms with Gasteiger partial charge in [0, 0.05) is 71.0 Å². The summed E-state index contributed by atoms with van der Waals surface area (Å²) < 4.78 is 16.3. The summed E-state index contributed by atoms with van der Waals surface area (Å²) in [7, 11) is 3.06. The summed E-state index contributed by atoms with van der Waals surface area (Å²) in [6, 6.07) is 6.32. The van der Waals surface area contributed by atoms with Gasteiger partial charge in [0.15, 0.2) is 0 Å². The lowest BCUT2D eigenvalue weighted by atomic mass is 9.85. The van der Waals surface area contributed by atoms with Gasteiger partial charge in [-0.05, 0) is 108 Å². The molecule has 0 spiro atoms. The first kappa shape index (κ1) is 44.1. The number of H-pyrrole nitrogens is 2. The zero-order valence-corrected chi connectivity index (χ0v) is 36.5. The largest absolute Gasteiger partial charge is 0.469 e. The lowest BCUT2D eigenvalue weighted by Crippen LogP contribution is -2.30. The summed E-state index contributed by atoms with van der Waals surface area (Å²) in [6.07, 6.45) is 9.67. The fourth-order valence-corrected chi connectivity index (χ4v) is 8.01. The van der Waals surface area contributed by atoms with Crippen molar-refractivity contribution in [3.63, 3.8) is 0 Å². The number of ether oxygens (including phenoxy) is 3. The first-order valence-corrected chi connectivity index (χ1v) is 20.8. The van der Waals surface area contributed by atoms with Crippen molar-refractivity contribution in [2.75, 3.05) is 27.4 Å².